The minimum Gasteiger partial charge on any atom is -0.508 e. The van der Waals surface area contributed by atoms with Gasteiger partial charge in [0.25, 0.3) is 0 Å². The molecule has 1 saturated carbocycles. The summed E-state index contributed by atoms with van der Waals surface area (Å²) in [5, 5.41) is 24.7. The molecule has 2 aromatic heterocycles. The molecule has 0 radical (unpaired) electrons. The van der Waals surface area contributed by atoms with E-state index in [0.29, 0.717) is 6.04 Å². The van der Waals surface area contributed by atoms with Gasteiger partial charge in [-0.1, -0.05) is 0 Å². The fourth-order valence-corrected chi connectivity index (χ4v) is 3.23. The number of anilines is 1. The molecule has 6 nitrogen and oxygen atoms in total. The van der Waals surface area contributed by atoms with E-state index >= 15 is 0 Å². The lowest BCUT2D eigenvalue weighted by Gasteiger charge is -2.26. The van der Waals surface area contributed by atoms with Gasteiger partial charge in [-0.3, -0.25) is 0 Å². The molecular formula is C16H18N4O2. The van der Waals surface area contributed by atoms with E-state index in [-0.39, 0.29) is 11.9 Å². The summed E-state index contributed by atoms with van der Waals surface area (Å²) in [6.45, 7) is 0. The minimum atomic E-state index is -0.173. The molecule has 1 aliphatic carbocycles. The summed E-state index contributed by atoms with van der Waals surface area (Å²) in [4.78, 5) is 11.9. The van der Waals surface area contributed by atoms with Crippen molar-refractivity contribution in [3.63, 3.8) is 0 Å². The monoisotopic (exact) mass is 298 g/mol. The third-order valence-corrected chi connectivity index (χ3v) is 4.41. The first-order valence-electron chi connectivity index (χ1n) is 7.61. The Kier molecular flexibility index (Phi) is 3.11. The average Bonchev–Trinajstić information content (AvgIpc) is 2.88. The summed E-state index contributed by atoms with van der Waals surface area (Å²) >= 11 is 0. The van der Waals surface area contributed by atoms with Crippen LogP contribution in [0.25, 0.3) is 21.9 Å². The number of phenols is 1. The third kappa shape index (κ3) is 2.25. The first-order valence-corrected chi connectivity index (χ1v) is 7.61. The second-order valence-corrected chi connectivity index (χ2v) is 5.95. The molecule has 4 rings (SSSR count). The van der Waals surface area contributed by atoms with Gasteiger partial charge in [0.1, 0.15) is 23.5 Å². The first-order chi connectivity index (χ1) is 10.7. The van der Waals surface area contributed by atoms with Crippen molar-refractivity contribution in [2.45, 2.75) is 37.8 Å². The number of hydrogen-bond donors (Lipinski definition) is 4. The first kappa shape index (κ1) is 13.3. The van der Waals surface area contributed by atoms with Crippen LogP contribution in [0.5, 0.6) is 5.75 Å². The van der Waals surface area contributed by atoms with Crippen molar-refractivity contribution < 1.29 is 10.2 Å². The Hall–Kier alpha value is -2.34. The van der Waals surface area contributed by atoms with Crippen LogP contribution in [0.3, 0.4) is 0 Å². The number of H-pyrrole nitrogens is 1. The zero-order valence-corrected chi connectivity index (χ0v) is 12.1. The lowest BCUT2D eigenvalue weighted by Crippen LogP contribution is -2.28. The van der Waals surface area contributed by atoms with Crippen LogP contribution in [0.4, 0.5) is 5.82 Å². The second kappa shape index (κ2) is 5.14. The highest BCUT2D eigenvalue weighted by Gasteiger charge is 2.21. The van der Waals surface area contributed by atoms with Crippen molar-refractivity contribution in [3.05, 3.63) is 24.5 Å². The second-order valence-electron chi connectivity index (χ2n) is 5.95. The van der Waals surface area contributed by atoms with Crippen LogP contribution in [-0.2, 0) is 0 Å². The van der Waals surface area contributed by atoms with Gasteiger partial charge in [0, 0.05) is 16.9 Å². The molecule has 3 aromatic rings. The maximum Gasteiger partial charge on any atom is 0.143 e. The molecule has 1 aromatic carbocycles. The van der Waals surface area contributed by atoms with Gasteiger partial charge >= 0.3 is 0 Å². The van der Waals surface area contributed by atoms with Gasteiger partial charge < -0.3 is 20.5 Å². The van der Waals surface area contributed by atoms with Crippen LogP contribution in [-0.4, -0.2) is 37.3 Å². The van der Waals surface area contributed by atoms with Gasteiger partial charge in [-0.25, -0.2) is 9.97 Å². The number of aliphatic hydroxyl groups excluding tert-OH is 1. The zero-order chi connectivity index (χ0) is 15.1. The van der Waals surface area contributed by atoms with Crippen molar-refractivity contribution in [2.24, 2.45) is 0 Å². The maximum absolute atomic E-state index is 9.75. The molecule has 6 heteroatoms. The number of nitrogens with one attached hydrogen (secondary N) is 2. The molecule has 0 amide bonds. The molecule has 0 aliphatic heterocycles. The number of fused-ring (bicyclic) bond motifs is 3. The minimum absolute atomic E-state index is 0.173. The van der Waals surface area contributed by atoms with Crippen molar-refractivity contribution in [1.29, 1.82) is 0 Å². The molecule has 22 heavy (non-hydrogen) atoms. The SMILES string of the molecule is Oc1ccc2[nH]c3ncnc(NC4CCC(O)CC4)c3c2c1. The van der Waals surface area contributed by atoms with Gasteiger partial charge in [0.2, 0.25) is 0 Å². The lowest BCUT2D eigenvalue weighted by atomic mass is 9.93. The van der Waals surface area contributed by atoms with Gasteiger partial charge in [-0.05, 0) is 43.9 Å². The number of benzene rings is 1. The van der Waals surface area contributed by atoms with Crippen molar-refractivity contribution in [3.8, 4) is 5.75 Å². The van der Waals surface area contributed by atoms with E-state index in [1.54, 1.807) is 12.1 Å². The highest BCUT2D eigenvalue weighted by Crippen LogP contribution is 2.32. The summed E-state index contributed by atoms with van der Waals surface area (Å²) in [6.07, 6.45) is 4.87. The van der Waals surface area contributed by atoms with Crippen LogP contribution in [0.1, 0.15) is 25.7 Å². The van der Waals surface area contributed by atoms with E-state index in [9.17, 15) is 10.2 Å². The largest absolute Gasteiger partial charge is 0.508 e. The van der Waals surface area contributed by atoms with E-state index in [4.69, 9.17) is 0 Å². The van der Waals surface area contributed by atoms with E-state index in [1.807, 2.05) is 6.07 Å². The van der Waals surface area contributed by atoms with Crippen LogP contribution in [0, 0.1) is 0 Å². The summed E-state index contributed by atoms with van der Waals surface area (Å²) in [7, 11) is 0. The highest BCUT2D eigenvalue weighted by molar-refractivity contribution is 6.11. The van der Waals surface area contributed by atoms with Crippen LogP contribution in [0.2, 0.25) is 0 Å². The number of aromatic hydroxyl groups is 1. The van der Waals surface area contributed by atoms with Gasteiger partial charge in [-0.2, -0.15) is 0 Å². The highest BCUT2D eigenvalue weighted by atomic mass is 16.3. The van der Waals surface area contributed by atoms with Crippen molar-refractivity contribution in [2.75, 3.05) is 5.32 Å². The lowest BCUT2D eigenvalue weighted by molar-refractivity contribution is 0.126. The van der Waals surface area contributed by atoms with Crippen LogP contribution < -0.4 is 5.32 Å². The van der Waals surface area contributed by atoms with E-state index < -0.39 is 0 Å². The predicted octanol–water partition coefficient (Wildman–Crippen LogP) is 2.53. The van der Waals surface area contributed by atoms with Crippen molar-refractivity contribution >= 4 is 27.8 Å². The Morgan fingerprint density at radius 3 is 2.77 bits per heavy atom. The molecule has 0 bridgehead atoms. The number of nitrogens with zero attached hydrogens (tertiary/aromatic N) is 2. The number of aromatic amines is 1. The Labute approximate surface area is 127 Å². The normalized spacial score (nSPS) is 22.2. The standard InChI is InChI=1S/C16H18N4O2/c21-10-3-1-9(2-4-10)19-15-14-12-7-11(22)5-6-13(12)20-16(14)18-8-17-15/h5-10,21-22H,1-4H2,(H2,17,18,19,20). The number of rotatable bonds is 2. The molecule has 114 valence electrons. The van der Waals surface area contributed by atoms with Gasteiger partial charge in [-0.15, -0.1) is 0 Å². The fraction of sp³-hybridized carbons (Fsp3) is 0.375. The summed E-state index contributed by atoms with van der Waals surface area (Å²) in [5.41, 5.74) is 1.68. The molecule has 1 aliphatic rings. The summed E-state index contributed by atoms with van der Waals surface area (Å²) in [6, 6.07) is 5.53. The topological polar surface area (TPSA) is 94.1 Å². The number of aliphatic hydroxyl groups is 1. The Morgan fingerprint density at radius 1 is 1.14 bits per heavy atom. The van der Waals surface area contributed by atoms with E-state index in [2.05, 4.69) is 20.3 Å². The van der Waals surface area contributed by atoms with Gasteiger partial charge in [0.05, 0.1) is 11.5 Å². The molecule has 2 heterocycles. The number of phenolic OH excluding ortho intramolecular Hbond substituents is 1. The average molecular weight is 298 g/mol. The zero-order valence-electron chi connectivity index (χ0n) is 12.1. The molecule has 0 saturated heterocycles. The summed E-state index contributed by atoms with van der Waals surface area (Å²) < 4.78 is 0. The Morgan fingerprint density at radius 2 is 1.95 bits per heavy atom. The van der Waals surface area contributed by atoms with Crippen LogP contribution in [0.15, 0.2) is 24.5 Å². The molecular weight excluding hydrogens is 280 g/mol. The predicted molar refractivity (Wildman–Crippen MR) is 84.9 cm³/mol. The Balaban J connectivity index is 1.76. The number of aromatic nitrogens is 3. The molecule has 0 spiro atoms. The maximum atomic E-state index is 9.75. The Bertz CT molecular complexity index is 821. The molecule has 4 N–H and O–H groups in total. The quantitative estimate of drug-likeness (QED) is 0.583. The van der Waals surface area contributed by atoms with E-state index in [1.165, 1.54) is 6.33 Å². The summed E-state index contributed by atoms with van der Waals surface area (Å²) in [5.74, 6) is 1.01. The van der Waals surface area contributed by atoms with E-state index in [0.717, 1.165) is 53.4 Å². The fourth-order valence-electron chi connectivity index (χ4n) is 3.23. The molecule has 0 atom stereocenters. The molecule has 1 fully saturated rings. The molecule has 0 unspecified atom stereocenters. The van der Waals surface area contributed by atoms with Gasteiger partial charge in [0.15, 0.2) is 0 Å². The van der Waals surface area contributed by atoms with Crippen molar-refractivity contribution in [1.82, 2.24) is 15.0 Å². The smallest absolute Gasteiger partial charge is 0.143 e. The third-order valence-electron chi connectivity index (χ3n) is 4.41. The number of hydrogen-bond acceptors (Lipinski definition) is 5. The van der Waals surface area contributed by atoms with Crippen LogP contribution >= 0.6 is 0 Å².